The van der Waals surface area contributed by atoms with Crippen LogP contribution in [0, 0.1) is 0 Å². The minimum Gasteiger partial charge on any atom is -0.354 e. The Kier molecular flexibility index (Phi) is 6.09. The zero-order valence-corrected chi connectivity index (χ0v) is 16.4. The number of nitrogens with one attached hydrogen (secondary N) is 1. The summed E-state index contributed by atoms with van der Waals surface area (Å²) in [6.45, 7) is 7.81. The molecule has 0 saturated carbocycles. The van der Waals surface area contributed by atoms with E-state index >= 15 is 0 Å². The van der Waals surface area contributed by atoms with Gasteiger partial charge < -0.3 is 10.2 Å². The minimum absolute atomic E-state index is 0.0994. The molecule has 1 atom stereocenters. The van der Waals surface area contributed by atoms with Crippen LogP contribution < -0.4 is 5.32 Å². The number of anilines is 1. The summed E-state index contributed by atoms with van der Waals surface area (Å²) in [5, 5.41) is 3.21. The van der Waals surface area contributed by atoms with Crippen LogP contribution in [0.25, 0.3) is 0 Å². The molecule has 1 aromatic heterocycles. The maximum atomic E-state index is 12.1. The van der Waals surface area contributed by atoms with Gasteiger partial charge in [0.1, 0.15) is 0 Å². The van der Waals surface area contributed by atoms with Gasteiger partial charge in [0.15, 0.2) is 0 Å². The third-order valence-corrected chi connectivity index (χ3v) is 5.87. The quantitative estimate of drug-likeness (QED) is 0.857. The van der Waals surface area contributed by atoms with E-state index < -0.39 is 0 Å². The van der Waals surface area contributed by atoms with E-state index in [1.165, 1.54) is 0 Å². The van der Waals surface area contributed by atoms with Gasteiger partial charge in [-0.1, -0.05) is 6.92 Å². The first-order valence-corrected chi connectivity index (χ1v) is 9.75. The van der Waals surface area contributed by atoms with E-state index in [1.54, 1.807) is 0 Å². The molecule has 2 saturated heterocycles. The smallest absolute Gasteiger partial charge is 0.222 e. The normalized spacial score (nSPS) is 25.5. The van der Waals surface area contributed by atoms with Crippen molar-refractivity contribution in [1.82, 2.24) is 24.7 Å². The number of hydrogen-bond acceptors (Lipinski definition) is 6. The van der Waals surface area contributed by atoms with Gasteiger partial charge in [-0.15, -0.1) is 0 Å². The van der Waals surface area contributed by atoms with Crippen LogP contribution in [0.2, 0.25) is 0 Å². The van der Waals surface area contributed by atoms with Gasteiger partial charge in [-0.3, -0.25) is 14.6 Å². The first-order chi connectivity index (χ1) is 12.5. The number of hydrogen-bond donors (Lipinski definition) is 1. The molecule has 1 amide bonds. The molecule has 2 aliphatic heterocycles. The van der Waals surface area contributed by atoms with Crippen LogP contribution in [0.5, 0.6) is 0 Å². The molecule has 7 nitrogen and oxygen atoms in total. The second kappa shape index (κ2) is 8.31. The summed E-state index contributed by atoms with van der Waals surface area (Å²) in [7, 11) is 4.14. The molecule has 2 aliphatic rings. The number of carbonyl (C=O) groups excluding carboxylic acids is 1. The molecule has 0 bridgehead atoms. The van der Waals surface area contributed by atoms with Crippen molar-refractivity contribution >= 4 is 11.9 Å². The fraction of sp³-hybridized carbons (Fsp3) is 0.737. The highest BCUT2D eigenvalue weighted by Crippen LogP contribution is 2.32. The average Bonchev–Trinajstić information content (AvgIpc) is 2.79. The van der Waals surface area contributed by atoms with Crippen molar-refractivity contribution in [1.29, 1.82) is 0 Å². The van der Waals surface area contributed by atoms with Crippen LogP contribution in [-0.2, 0) is 11.3 Å². The van der Waals surface area contributed by atoms with E-state index in [2.05, 4.69) is 39.1 Å². The van der Waals surface area contributed by atoms with Crippen LogP contribution in [0.4, 0.5) is 5.95 Å². The number of likely N-dealkylation sites (N-methyl/N-ethyl adjacent to an activating group) is 1. The predicted octanol–water partition coefficient (Wildman–Crippen LogP) is 1.43. The molecule has 2 fully saturated rings. The van der Waals surface area contributed by atoms with Crippen LogP contribution in [0.1, 0.15) is 38.2 Å². The second-order valence-corrected chi connectivity index (χ2v) is 7.76. The Balaban J connectivity index is 1.63. The number of rotatable bonds is 5. The number of carbonyl (C=O) groups is 1. The number of likely N-dealkylation sites (tertiary alicyclic amines) is 1. The minimum atomic E-state index is 0.0994. The Morgan fingerprint density at radius 1 is 1.15 bits per heavy atom. The number of nitrogens with zero attached hydrogens (tertiary/aromatic N) is 5. The van der Waals surface area contributed by atoms with E-state index in [-0.39, 0.29) is 11.4 Å². The molecule has 0 aliphatic carbocycles. The Morgan fingerprint density at radius 2 is 1.92 bits per heavy atom. The molecular formula is C19H32N6O. The van der Waals surface area contributed by atoms with Crippen molar-refractivity contribution < 1.29 is 4.79 Å². The van der Waals surface area contributed by atoms with Crippen LogP contribution in [-0.4, -0.2) is 82.9 Å². The van der Waals surface area contributed by atoms with Crippen molar-refractivity contribution in [3.8, 4) is 0 Å². The molecule has 1 spiro atoms. The van der Waals surface area contributed by atoms with Gasteiger partial charge in [0, 0.05) is 76.2 Å². The third-order valence-electron chi connectivity index (χ3n) is 5.87. The predicted molar refractivity (Wildman–Crippen MR) is 103 cm³/mol. The highest BCUT2D eigenvalue weighted by atomic mass is 16.2. The highest BCUT2D eigenvalue weighted by Gasteiger charge is 2.41. The van der Waals surface area contributed by atoms with Crippen LogP contribution >= 0.6 is 0 Å². The fourth-order valence-electron chi connectivity index (χ4n) is 4.00. The van der Waals surface area contributed by atoms with E-state index in [0.717, 1.165) is 64.1 Å². The Labute approximate surface area is 156 Å². The first kappa shape index (κ1) is 19.0. The summed E-state index contributed by atoms with van der Waals surface area (Å²) in [5.41, 5.74) is 1.25. The molecule has 7 heteroatoms. The summed E-state index contributed by atoms with van der Waals surface area (Å²) < 4.78 is 0. The van der Waals surface area contributed by atoms with Gasteiger partial charge in [-0.2, -0.15) is 0 Å². The molecule has 1 N–H and O–H groups in total. The molecule has 0 unspecified atom stereocenters. The molecule has 0 radical (unpaired) electrons. The largest absolute Gasteiger partial charge is 0.354 e. The van der Waals surface area contributed by atoms with Crippen LogP contribution in [0.3, 0.4) is 0 Å². The fourth-order valence-corrected chi connectivity index (χ4v) is 4.00. The Hall–Kier alpha value is -1.73. The van der Waals surface area contributed by atoms with Gasteiger partial charge in [0.25, 0.3) is 0 Å². The zero-order valence-electron chi connectivity index (χ0n) is 16.4. The maximum Gasteiger partial charge on any atom is 0.222 e. The molecule has 1 aromatic rings. The number of piperazine rings is 1. The second-order valence-electron chi connectivity index (χ2n) is 7.76. The van der Waals surface area contributed by atoms with E-state index in [9.17, 15) is 4.79 Å². The Morgan fingerprint density at radius 3 is 2.65 bits per heavy atom. The van der Waals surface area contributed by atoms with Gasteiger partial charge in [-0.25, -0.2) is 9.97 Å². The van der Waals surface area contributed by atoms with Crippen molar-refractivity contribution in [2.45, 2.75) is 44.7 Å². The van der Waals surface area contributed by atoms with E-state index in [0.29, 0.717) is 12.4 Å². The lowest BCUT2D eigenvalue weighted by molar-refractivity contribution is -0.129. The molecule has 26 heavy (non-hydrogen) atoms. The molecule has 144 valence electrons. The summed E-state index contributed by atoms with van der Waals surface area (Å²) in [5.74, 6) is 0.978. The van der Waals surface area contributed by atoms with Gasteiger partial charge >= 0.3 is 0 Å². The molecule has 3 heterocycles. The van der Waals surface area contributed by atoms with Gasteiger partial charge in [-0.05, 0) is 26.3 Å². The highest BCUT2D eigenvalue weighted by molar-refractivity contribution is 5.76. The molecule has 0 aromatic carbocycles. The van der Waals surface area contributed by atoms with E-state index in [4.69, 9.17) is 0 Å². The molecule has 3 rings (SSSR count). The van der Waals surface area contributed by atoms with Crippen molar-refractivity contribution in [3.05, 3.63) is 18.0 Å². The molecular weight excluding hydrogens is 328 g/mol. The first-order valence-electron chi connectivity index (χ1n) is 9.75. The zero-order chi connectivity index (χ0) is 18.6. The number of amides is 1. The maximum absolute atomic E-state index is 12.1. The average molecular weight is 361 g/mol. The van der Waals surface area contributed by atoms with Crippen molar-refractivity contribution in [2.24, 2.45) is 0 Å². The third kappa shape index (κ3) is 4.32. The summed E-state index contributed by atoms with van der Waals surface area (Å²) >= 11 is 0. The van der Waals surface area contributed by atoms with Gasteiger partial charge in [0.05, 0.1) is 0 Å². The SMILES string of the molecule is CCCNc1ncc(CN2CCN(C)[C@@]3(CCC(=O)N(C)CC3)C2)cn1. The monoisotopic (exact) mass is 360 g/mol. The lowest BCUT2D eigenvalue weighted by Crippen LogP contribution is -2.60. The Bertz CT molecular complexity index is 607. The number of aromatic nitrogens is 2. The lowest BCUT2D eigenvalue weighted by Gasteiger charge is -2.49. The standard InChI is InChI=1S/C19H32N6O/c1-4-8-20-18-21-12-16(13-22-18)14-25-11-10-24(3)19(15-25)6-5-17(26)23(2)9-7-19/h12-13H,4-11,14-15H2,1-3H3,(H,20,21,22)/t19-/m1/s1. The summed E-state index contributed by atoms with van der Waals surface area (Å²) in [6, 6.07) is 0. The van der Waals surface area contributed by atoms with Gasteiger partial charge in [0.2, 0.25) is 11.9 Å². The summed E-state index contributed by atoms with van der Waals surface area (Å²) in [6.07, 6.45) is 7.56. The van der Waals surface area contributed by atoms with Crippen LogP contribution in [0.15, 0.2) is 12.4 Å². The van der Waals surface area contributed by atoms with E-state index in [1.807, 2.05) is 24.3 Å². The topological polar surface area (TPSA) is 64.6 Å². The van der Waals surface area contributed by atoms with Crippen molar-refractivity contribution in [2.75, 3.05) is 52.1 Å². The lowest BCUT2D eigenvalue weighted by atomic mass is 9.86. The summed E-state index contributed by atoms with van der Waals surface area (Å²) in [4.78, 5) is 27.8. The van der Waals surface area contributed by atoms with Crippen molar-refractivity contribution in [3.63, 3.8) is 0 Å².